The number of benzene rings is 4. The highest BCUT2D eigenvalue weighted by Crippen LogP contribution is 2.20. The van der Waals surface area contributed by atoms with Gasteiger partial charge in [0.05, 0.1) is 6.04 Å². The molecule has 0 aliphatic heterocycles. The summed E-state index contributed by atoms with van der Waals surface area (Å²) in [7, 11) is 0. The molecule has 0 aliphatic carbocycles. The Labute approximate surface area is 219 Å². The highest BCUT2D eigenvalue weighted by Gasteiger charge is 2.22. The van der Waals surface area contributed by atoms with Gasteiger partial charge >= 0.3 is 0 Å². The second-order valence-electron chi connectivity index (χ2n) is 9.10. The molecular weight excluding hydrogens is 460 g/mol. The normalized spacial score (nSPS) is 11.8. The molecule has 190 valence electrons. The van der Waals surface area contributed by atoms with Gasteiger partial charge < -0.3 is 15.2 Å². The first kappa shape index (κ1) is 26.1. The fraction of sp³-hybridized carbons (Fsp3) is 0.219. The minimum Gasteiger partial charge on any atom is -0.489 e. The van der Waals surface area contributed by atoms with Crippen LogP contribution in [0, 0.1) is 0 Å². The summed E-state index contributed by atoms with van der Waals surface area (Å²) < 4.78 is 11.8. The third kappa shape index (κ3) is 8.04. The van der Waals surface area contributed by atoms with Crippen LogP contribution in [0.25, 0.3) is 0 Å². The lowest BCUT2D eigenvalue weighted by molar-refractivity contribution is -0.122. The van der Waals surface area contributed by atoms with Crippen molar-refractivity contribution in [2.75, 3.05) is 6.54 Å². The number of hydrogen-bond donors (Lipinski definition) is 1. The Morgan fingerprint density at radius 2 is 1.05 bits per heavy atom. The highest BCUT2D eigenvalue weighted by atomic mass is 16.5. The van der Waals surface area contributed by atoms with E-state index in [0.717, 1.165) is 33.8 Å². The monoisotopic (exact) mass is 494 g/mol. The van der Waals surface area contributed by atoms with Crippen molar-refractivity contribution >= 4 is 5.78 Å². The van der Waals surface area contributed by atoms with Gasteiger partial charge in [0.25, 0.3) is 0 Å². The van der Waals surface area contributed by atoms with Gasteiger partial charge in [0.15, 0.2) is 0 Å². The lowest BCUT2D eigenvalue weighted by Crippen LogP contribution is -2.44. The molecule has 0 amide bonds. The molecule has 0 fully saturated rings. The van der Waals surface area contributed by atoms with E-state index in [0.29, 0.717) is 26.3 Å². The maximum atomic E-state index is 12.4. The van der Waals surface area contributed by atoms with Crippen molar-refractivity contribution in [3.05, 3.63) is 131 Å². The minimum atomic E-state index is -0.358. The van der Waals surface area contributed by atoms with E-state index in [1.807, 2.05) is 109 Å². The van der Waals surface area contributed by atoms with E-state index in [1.54, 1.807) is 6.92 Å². The molecule has 0 aliphatic rings. The number of nitrogens with two attached hydrogens (primary N) is 1. The van der Waals surface area contributed by atoms with Crippen molar-refractivity contribution in [2.45, 2.75) is 39.3 Å². The number of carbonyl (C=O) groups is 1. The Balaban J connectivity index is 1.38. The van der Waals surface area contributed by atoms with Gasteiger partial charge in [0, 0.05) is 19.6 Å². The molecule has 0 radical (unpaired) electrons. The molecule has 0 spiro atoms. The summed E-state index contributed by atoms with van der Waals surface area (Å²) in [6.45, 7) is 4.13. The van der Waals surface area contributed by atoms with Gasteiger partial charge in [0.1, 0.15) is 30.5 Å². The highest BCUT2D eigenvalue weighted by molar-refractivity contribution is 5.81. The zero-order valence-electron chi connectivity index (χ0n) is 21.3. The third-order valence-electron chi connectivity index (χ3n) is 6.25. The average molecular weight is 495 g/mol. The van der Waals surface area contributed by atoms with Gasteiger partial charge in [-0.25, -0.2) is 0 Å². The largest absolute Gasteiger partial charge is 0.489 e. The van der Waals surface area contributed by atoms with Crippen LogP contribution in [0.3, 0.4) is 0 Å². The summed E-state index contributed by atoms with van der Waals surface area (Å²) in [6.07, 6.45) is 0. The van der Waals surface area contributed by atoms with E-state index >= 15 is 0 Å². The summed E-state index contributed by atoms with van der Waals surface area (Å²) in [6, 6.07) is 35.9. The van der Waals surface area contributed by atoms with Crippen LogP contribution in [-0.2, 0) is 31.1 Å². The van der Waals surface area contributed by atoms with Crippen LogP contribution in [0.5, 0.6) is 11.5 Å². The molecule has 1 atom stereocenters. The van der Waals surface area contributed by atoms with Crippen molar-refractivity contribution in [1.29, 1.82) is 0 Å². The molecule has 0 heterocycles. The van der Waals surface area contributed by atoms with E-state index in [-0.39, 0.29) is 18.4 Å². The van der Waals surface area contributed by atoms with Crippen LogP contribution in [0.15, 0.2) is 109 Å². The average Bonchev–Trinajstić information content (AvgIpc) is 2.93. The molecule has 0 saturated carbocycles. The van der Waals surface area contributed by atoms with E-state index in [4.69, 9.17) is 15.2 Å². The van der Waals surface area contributed by atoms with Gasteiger partial charge in [-0.1, -0.05) is 84.9 Å². The third-order valence-corrected chi connectivity index (χ3v) is 6.25. The van der Waals surface area contributed by atoms with Gasteiger partial charge in [-0.2, -0.15) is 0 Å². The van der Waals surface area contributed by atoms with E-state index < -0.39 is 0 Å². The Bertz CT molecular complexity index is 1140. The van der Waals surface area contributed by atoms with Crippen molar-refractivity contribution < 1.29 is 14.3 Å². The fourth-order valence-corrected chi connectivity index (χ4v) is 4.18. The molecule has 4 rings (SSSR count). The first-order valence-corrected chi connectivity index (χ1v) is 12.6. The van der Waals surface area contributed by atoms with Crippen LogP contribution in [0.4, 0.5) is 0 Å². The van der Waals surface area contributed by atoms with Crippen LogP contribution < -0.4 is 15.2 Å². The molecule has 0 bridgehead atoms. The number of rotatable bonds is 13. The molecule has 5 heteroatoms. The van der Waals surface area contributed by atoms with Gasteiger partial charge in [-0.15, -0.1) is 0 Å². The number of carbonyl (C=O) groups excluding carboxylic acids is 1. The first-order valence-electron chi connectivity index (χ1n) is 12.6. The standard InChI is InChI=1S/C32H34N2O3/c1-25(35)32(20-33)34(21-26-12-16-30(17-13-26)36-23-28-8-4-2-5-9-28)22-27-14-18-31(19-15-27)37-24-29-10-6-3-7-11-29/h2-19,32H,20-24,33H2,1H3/t32-/m0/s1. The molecule has 2 N–H and O–H groups in total. The summed E-state index contributed by atoms with van der Waals surface area (Å²) in [5.74, 6) is 1.69. The van der Waals surface area contributed by atoms with Crippen LogP contribution in [0.2, 0.25) is 0 Å². The van der Waals surface area contributed by atoms with E-state index in [9.17, 15) is 4.79 Å². The fourth-order valence-electron chi connectivity index (χ4n) is 4.18. The molecule has 5 nitrogen and oxygen atoms in total. The molecule has 0 aromatic heterocycles. The van der Waals surface area contributed by atoms with Gasteiger partial charge in [-0.3, -0.25) is 9.69 Å². The molecule has 4 aromatic carbocycles. The maximum absolute atomic E-state index is 12.4. The molecule has 0 saturated heterocycles. The first-order chi connectivity index (χ1) is 18.1. The van der Waals surface area contributed by atoms with E-state index in [1.165, 1.54) is 0 Å². The quantitative estimate of drug-likeness (QED) is 0.256. The van der Waals surface area contributed by atoms with Crippen LogP contribution >= 0.6 is 0 Å². The number of ketones is 1. The summed E-state index contributed by atoms with van der Waals surface area (Å²) in [5, 5.41) is 0. The van der Waals surface area contributed by atoms with Crippen molar-refractivity contribution in [1.82, 2.24) is 4.90 Å². The number of Topliss-reactive ketones (excluding diaryl/α,β-unsaturated/α-hetero) is 1. The topological polar surface area (TPSA) is 64.8 Å². The molecule has 4 aromatic rings. The minimum absolute atomic E-state index is 0.0631. The summed E-state index contributed by atoms with van der Waals surface area (Å²) >= 11 is 0. The molecule has 0 unspecified atom stereocenters. The lowest BCUT2D eigenvalue weighted by atomic mass is 10.1. The Morgan fingerprint density at radius 1 is 0.649 bits per heavy atom. The van der Waals surface area contributed by atoms with E-state index in [2.05, 4.69) is 4.90 Å². The lowest BCUT2D eigenvalue weighted by Gasteiger charge is -2.29. The number of ether oxygens (including phenoxy) is 2. The maximum Gasteiger partial charge on any atom is 0.148 e. The van der Waals surface area contributed by atoms with Crippen molar-refractivity contribution in [3.8, 4) is 11.5 Å². The van der Waals surface area contributed by atoms with Gasteiger partial charge in [-0.05, 0) is 53.4 Å². The predicted molar refractivity (Wildman–Crippen MR) is 147 cm³/mol. The summed E-state index contributed by atoms with van der Waals surface area (Å²) in [5.41, 5.74) is 10.5. The van der Waals surface area contributed by atoms with Crippen LogP contribution in [-0.4, -0.2) is 23.3 Å². The smallest absolute Gasteiger partial charge is 0.148 e. The second-order valence-corrected chi connectivity index (χ2v) is 9.10. The second kappa shape index (κ2) is 13.4. The Hall–Kier alpha value is -3.93. The zero-order valence-corrected chi connectivity index (χ0v) is 21.3. The molecular formula is C32H34N2O3. The SMILES string of the molecule is CC(=O)[C@H](CN)N(Cc1ccc(OCc2ccccc2)cc1)Cc1ccc(OCc2ccccc2)cc1. The number of hydrogen-bond acceptors (Lipinski definition) is 5. The van der Waals surface area contributed by atoms with Crippen molar-refractivity contribution in [3.63, 3.8) is 0 Å². The number of nitrogens with zero attached hydrogens (tertiary/aromatic N) is 1. The molecule has 37 heavy (non-hydrogen) atoms. The summed E-state index contributed by atoms with van der Waals surface area (Å²) in [4.78, 5) is 14.5. The Morgan fingerprint density at radius 3 is 1.41 bits per heavy atom. The van der Waals surface area contributed by atoms with Crippen LogP contribution in [0.1, 0.15) is 29.2 Å². The van der Waals surface area contributed by atoms with Gasteiger partial charge in [0.2, 0.25) is 0 Å². The Kier molecular flexibility index (Phi) is 9.47. The predicted octanol–water partition coefficient (Wildman–Crippen LogP) is 5.76. The van der Waals surface area contributed by atoms with Crippen molar-refractivity contribution in [2.24, 2.45) is 5.73 Å². The zero-order chi connectivity index (χ0) is 25.9.